The van der Waals surface area contributed by atoms with Gasteiger partial charge in [-0.1, -0.05) is 30.3 Å². The van der Waals surface area contributed by atoms with E-state index in [9.17, 15) is 0 Å². The molecule has 2 aromatic carbocycles. The zero-order chi connectivity index (χ0) is 17.1. The van der Waals surface area contributed by atoms with E-state index in [1.54, 1.807) is 0 Å². The second-order valence-corrected chi connectivity index (χ2v) is 7.40. The minimum atomic E-state index is 0.156. The highest BCUT2D eigenvalue weighted by Gasteiger charge is 2.36. The lowest BCUT2D eigenvalue weighted by molar-refractivity contribution is 0.664. The Labute approximate surface area is 159 Å². The highest BCUT2D eigenvalue weighted by molar-refractivity contribution is 14.1. The van der Waals surface area contributed by atoms with Crippen LogP contribution in [0.2, 0.25) is 0 Å². The third kappa shape index (κ3) is 2.02. The monoisotopic (exact) mass is 441 g/mol. The van der Waals surface area contributed by atoms with E-state index in [1.807, 2.05) is 24.4 Å². The number of rotatable bonds is 1. The van der Waals surface area contributed by atoms with Crippen LogP contribution in [-0.4, -0.2) is 11.1 Å². The molecule has 0 bridgehead atoms. The van der Waals surface area contributed by atoms with Gasteiger partial charge in [-0.05, 0) is 37.6 Å². The number of hydrogen-bond donors (Lipinski definition) is 0. The van der Waals surface area contributed by atoms with Crippen LogP contribution in [0.1, 0.15) is 12.5 Å². The van der Waals surface area contributed by atoms with E-state index in [-0.39, 0.29) is 6.17 Å². The maximum atomic E-state index is 6.29. The molecule has 5 rings (SSSR count). The van der Waals surface area contributed by atoms with Crippen molar-refractivity contribution in [3.05, 3.63) is 60.3 Å². The summed E-state index contributed by atoms with van der Waals surface area (Å²) >= 11 is 2.36. The molecule has 0 unspecified atom stereocenters. The number of para-hydroxylation sites is 1. The average Bonchev–Trinajstić information content (AvgIpc) is 3.12. The number of nitrogens with zero attached hydrogens (tertiary/aromatic N) is 3. The molecule has 2 aromatic heterocycles. The summed E-state index contributed by atoms with van der Waals surface area (Å²) in [6.45, 7) is 4.32. The van der Waals surface area contributed by atoms with Gasteiger partial charge in [0.15, 0.2) is 11.4 Å². The number of furan rings is 1. The van der Waals surface area contributed by atoms with Crippen molar-refractivity contribution in [2.45, 2.75) is 20.0 Å². The molecule has 124 valence electrons. The van der Waals surface area contributed by atoms with Gasteiger partial charge in [-0.25, -0.2) is 4.98 Å². The number of fused-ring (bicyclic) bond motifs is 4. The Morgan fingerprint density at radius 2 is 1.88 bits per heavy atom. The maximum Gasteiger partial charge on any atom is 0.159 e. The molecule has 5 heteroatoms. The second kappa shape index (κ2) is 5.36. The summed E-state index contributed by atoms with van der Waals surface area (Å²) in [5, 5.41) is 2.30. The summed E-state index contributed by atoms with van der Waals surface area (Å²) < 4.78 is 8.51. The van der Waals surface area contributed by atoms with Crippen molar-refractivity contribution in [2.24, 2.45) is 0 Å². The Bertz CT molecular complexity index is 1120. The molecular weight excluding hydrogens is 425 g/mol. The summed E-state index contributed by atoms with van der Waals surface area (Å²) in [6.07, 6.45) is 2.01. The molecule has 1 aliphatic rings. The lowest BCUT2D eigenvalue weighted by Crippen LogP contribution is -2.32. The van der Waals surface area contributed by atoms with Gasteiger partial charge in [-0.15, -0.1) is 0 Å². The second-order valence-electron chi connectivity index (χ2n) is 6.37. The lowest BCUT2D eigenvalue weighted by atomic mass is 10.1. The van der Waals surface area contributed by atoms with Crippen molar-refractivity contribution >= 4 is 62.0 Å². The van der Waals surface area contributed by atoms with E-state index >= 15 is 0 Å². The van der Waals surface area contributed by atoms with E-state index in [1.165, 1.54) is 5.56 Å². The van der Waals surface area contributed by atoms with Gasteiger partial charge in [-0.2, -0.15) is 0 Å². The van der Waals surface area contributed by atoms with Crippen LogP contribution in [0.25, 0.3) is 21.9 Å². The molecule has 1 atom stereocenters. The molecule has 0 radical (unpaired) electrons. The van der Waals surface area contributed by atoms with Crippen LogP contribution in [0.4, 0.5) is 17.2 Å². The Kier molecular flexibility index (Phi) is 3.22. The predicted molar refractivity (Wildman–Crippen MR) is 111 cm³/mol. The van der Waals surface area contributed by atoms with E-state index in [0.717, 1.165) is 39.1 Å². The fourth-order valence-corrected chi connectivity index (χ4v) is 4.31. The Balaban J connectivity index is 1.85. The Morgan fingerprint density at radius 3 is 2.76 bits per heavy atom. The Morgan fingerprint density at radius 1 is 1.04 bits per heavy atom. The van der Waals surface area contributed by atoms with Gasteiger partial charge in [0.25, 0.3) is 0 Å². The normalized spacial score (nSPS) is 16.8. The third-order valence-electron chi connectivity index (χ3n) is 4.89. The molecule has 4 nitrogen and oxygen atoms in total. The van der Waals surface area contributed by atoms with Crippen molar-refractivity contribution in [1.82, 2.24) is 4.98 Å². The van der Waals surface area contributed by atoms with Gasteiger partial charge in [0.1, 0.15) is 11.7 Å². The van der Waals surface area contributed by atoms with Crippen molar-refractivity contribution in [1.29, 1.82) is 0 Å². The highest BCUT2D eigenvalue weighted by atomic mass is 127. The summed E-state index contributed by atoms with van der Waals surface area (Å²) in [5.41, 5.74) is 5.25. The minimum absolute atomic E-state index is 0.156. The molecule has 4 aromatic rings. The van der Waals surface area contributed by atoms with E-state index in [2.05, 4.69) is 80.0 Å². The molecule has 3 heterocycles. The SMILES string of the molecule is Cc1ccc2c(oc3ccccc32)c1N1c2ncccc2N(I)[C@H]1C. The lowest BCUT2D eigenvalue weighted by Gasteiger charge is -2.27. The van der Waals surface area contributed by atoms with Gasteiger partial charge >= 0.3 is 0 Å². The number of aromatic nitrogens is 1. The molecule has 0 amide bonds. The number of pyridine rings is 1. The number of anilines is 3. The summed E-state index contributed by atoms with van der Waals surface area (Å²) in [4.78, 5) is 6.94. The predicted octanol–water partition coefficient (Wildman–Crippen LogP) is 5.94. The molecule has 0 fully saturated rings. The number of hydrogen-bond acceptors (Lipinski definition) is 4. The van der Waals surface area contributed by atoms with Crippen LogP contribution < -0.4 is 8.01 Å². The first-order valence-corrected chi connectivity index (χ1v) is 9.23. The number of halogens is 1. The van der Waals surface area contributed by atoms with E-state index in [0.29, 0.717) is 0 Å². The summed E-state index contributed by atoms with van der Waals surface area (Å²) in [5.74, 6) is 0.973. The van der Waals surface area contributed by atoms with Crippen LogP contribution in [0.5, 0.6) is 0 Å². The van der Waals surface area contributed by atoms with Crippen LogP contribution in [-0.2, 0) is 0 Å². The molecular formula is C20H16IN3O. The van der Waals surface area contributed by atoms with Crippen LogP contribution in [0.3, 0.4) is 0 Å². The molecule has 0 N–H and O–H groups in total. The van der Waals surface area contributed by atoms with Crippen LogP contribution in [0.15, 0.2) is 59.1 Å². The summed E-state index contributed by atoms with van der Waals surface area (Å²) in [6, 6.07) is 16.6. The van der Waals surface area contributed by atoms with Gasteiger partial charge in [0.05, 0.1) is 34.2 Å². The van der Waals surface area contributed by atoms with Gasteiger partial charge < -0.3 is 4.42 Å². The van der Waals surface area contributed by atoms with E-state index < -0.39 is 0 Å². The number of aryl methyl sites for hydroxylation is 1. The fraction of sp³-hybridized carbons (Fsp3) is 0.150. The summed E-state index contributed by atoms with van der Waals surface area (Å²) in [7, 11) is 0. The average molecular weight is 441 g/mol. The maximum absolute atomic E-state index is 6.29. The van der Waals surface area contributed by atoms with Crippen LogP contribution in [0, 0.1) is 6.92 Å². The highest BCUT2D eigenvalue weighted by Crippen LogP contribution is 2.48. The first-order valence-electron chi connectivity index (χ1n) is 8.27. The standard InChI is InChI=1S/C20H16IN3O/c1-12-9-10-15-14-6-3-4-8-17(14)25-19(15)18(12)23-13(2)24(21)16-7-5-11-22-20(16)23/h3-11,13H,1-2H3/t13-/m0/s1. The first kappa shape index (κ1) is 15.0. The minimum Gasteiger partial charge on any atom is -0.454 e. The molecule has 0 saturated heterocycles. The smallest absolute Gasteiger partial charge is 0.159 e. The van der Waals surface area contributed by atoms with Gasteiger partial charge in [0, 0.05) is 17.0 Å². The van der Waals surface area contributed by atoms with Gasteiger partial charge in [0.2, 0.25) is 0 Å². The topological polar surface area (TPSA) is 32.5 Å². The zero-order valence-electron chi connectivity index (χ0n) is 13.9. The van der Waals surface area contributed by atoms with Crippen molar-refractivity contribution in [3.63, 3.8) is 0 Å². The first-order chi connectivity index (χ1) is 12.2. The van der Waals surface area contributed by atoms with Gasteiger partial charge in [-0.3, -0.25) is 8.01 Å². The van der Waals surface area contributed by atoms with Crippen molar-refractivity contribution in [3.8, 4) is 0 Å². The van der Waals surface area contributed by atoms with E-state index in [4.69, 9.17) is 4.42 Å². The molecule has 1 aliphatic heterocycles. The number of benzene rings is 2. The van der Waals surface area contributed by atoms with Crippen molar-refractivity contribution < 1.29 is 4.42 Å². The zero-order valence-corrected chi connectivity index (χ0v) is 16.1. The van der Waals surface area contributed by atoms with Crippen molar-refractivity contribution in [2.75, 3.05) is 8.01 Å². The molecule has 0 saturated carbocycles. The Hall–Kier alpha value is -2.28. The van der Waals surface area contributed by atoms with Crippen LogP contribution >= 0.6 is 22.9 Å². The quantitative estimate of drug-likeness (QED) is 0.270. The molecule has 0 aliphatic carbocycles. The third-order valence-corrected chi connectivity index (χ3v) is 6.22. The largest absolute Gasteiger partial charge is 0.454 e. The molecule has 0 spiro atoms. The fourth-order valence-electron chi connectivity index (χ4n) is 3.69. The molecule has 25 heavy (non-hydrogen) atoms.